The smallest absolute Gasteiger partial charge is 0.0641 e. The van der Waals surface area contributed by atoms with Crippen molar-refractivity contribution in [2.45, 2.75) is 39.3 Å². The van der Waals surface area contributed by atoms with E-state index in [-0.39, 0.29) is 6.10 Å². The van der Waals surface area contributed by atoms with Crippen molar-refractivity contribution in [2.75, 3.05) is 13.1 Å². The summed E-state index contributed by atoms with van der Waals surface area (Å²) in [5.74, 6) is 0. The van der Waals surface area contributed by atoms with Gasteiger partial charge in [-0.15, -0.1) is 0 Å². The van der Waals surface area contributed by atoms with Crippen molar-refractivity contribution < 1.29 is 5.11 Å². The van der Waals surface area contributed by atoms with Gasteiger partial charge in [-0.1, -0.05) is 0 Å². The van der Waals surface area contributed by atoms with Crippen LogP contribution in [0.15, 0.2) is 0 Å². The van der Waals surface area contributed by atoms with E-state index in [1.165, 1.54) is 11.3 Å². The van der Waals surface area contributed by atoms with Gasteiger partial charge in [-0.25, -0.2) is 0 Å². The maximum atomic E-state index is 9.46. The Morgan fingerprint density at radius 3 is 2.44 bits per heavy atom. The average molecular weight is 223 g/mol. The summed E-state index contributed by atoms with van der Waals surface area (Å²) in [5.41, 5.74) is 3.73. The van der Waals surface area contributed by atoms with E-state index < -0.39 is 0 Å². The fraction of sp³-hybridized carbons (Fsp3) is 0.750. The zero-order chi connectivity index (χ0) is 11.7. The van der Waals surface area contributed by atoms with Crippen LogP contribution in [-0.2, 0) is 13.6 Å². The van der Waals surface area contributed by atoms with Gasteiger partial charge in [0.15, 0.2) is 0 Å². The van der Waals surface area contributed by atoms with Crippen molar-refractivity contribution >= 4 is 0 Å². The Morgan fingerprint density at radius 1 is 1.31 bits per heavy atom. The van der Waals surface area contributed by atoms with E-state index >= 15 is 0 Å². The first-order valence-corrected chi connectivity index (χ1v) is 5.97. The molecule has 0 amide bonds. The molecule has 4 heteroatoms. The van der Waals surface area contributed by atoms with E-state index in [0.717, 1.165) is 38.2 Å². The molecule has 4 nitrogen and oxygen atoms in total. The number of likely N-dealkylation sites (tertiary alicyclic amines) is 1. The Bertz CT molecular complexity index is 365. The summed E-state index contributed by atoms with van der Waals surface area (Å²) in [6.45, 7) is 7.15. The highest BCUT2D eigenvalue weighted by Crippen LogP contribution is 2.18. The lowest BCUT2D eigenvalue weighted by Crippen LogP contribution is -2.35. The van der Waals surface area contributed by atoms with Crippen LogP contribution in [0.2, 0.25) is 0 Å². The van der Waals surface area contributed by atoms with E-state index in [9.17, 15) is 5.11 Å². The molecule has 0 unspecified atom stereocenters. The predicted octanol–water partition coefficient (Wildman–Crippen LogP) is 0.994. The van der Waals surface area contributed by atoms with Crippen molar-refractivity contribution in [1.82, 2.24) is 14.7 Å². The molecular weight excluding hydrogens is 202 g/mol. The number of aromatic nitrogens is 2. The maximum Gasteiger partial charge on any atom is 0.0641 e. The first kappa shape index (κ1) is 11.6. The minimum Gasteiger partial charge on any atom is -0.393 e. The number of aryl methyl sites for hydroxylation is 2. The molecule has 0 spiro atoms. The van der Waals surface area contributed by atoms with Gasteiger partial charge in [0, 0.05) is 37.9 Å². The number of aliphatic hydroxyl groups excluding tert-OH is 1. The topological polar surface area (TPSA) is 41.3 Å². The molecule has 16 heavy (non-hydrogen) atoms. The Balaban J connectivity index is 2.03. The third-order valence-corrected chi connectivity index (χ3v) is 3.60. The Kier molecular flexibility index (Phi) is 3.30. The van der Waals surface area contributed by atoms with Gasteiger partial charge in [0.2, 0.25) is 0 Å². The van der Waals surface area contributed by atoms with Crippen molar-refractivity contribution in [1.29, 1.82) is 0 Å². The molecule has 0 bridgehead atoms. The lowest BCUT2D eigenvalue weighted by molar-refractivity contribution is 0.0791. The molecule has 2 heterocycles. The normalized spacial score (nSPS) is 19.2. The lowest BCUT2D eigenvalue weighted by Gasteiger charge is -2.29. The van der Waals surface area contributed by atoms with Crippen LogP contribution in [0.25, 0.3) is 0 Å². The van der Waals surface area contributed by atoms with Crippen LogP contribution in [0, 0.1) is 13.8 Å². The van der Waals surface area contributed by atoms with Crippen LogP contribution in [0.5, 0.6) is 0 Å². The van der Waals surface area contributed by atoms with E-state index in [1.807, 2.05) is 11.7 Å². The Morgan fingerprint density at radius 2 is 1.94 bits per heavy atom. The molecule has 1 saturated heterocycles. The third-order valence-electron chi connectivity index (χ3n) is 3.60. The monoisotopic (exact) mass is 223 g/mol. The SMILES string of the molecule is Cc1nn(C)c(C)c1CN1CCC(O)CC1. The Hall–Kier alpha value is -0.870. The van der Waals surface area contributed by atoms with E-state index in [2.05, 4.69) is 23.8 Å². The summed E-state index contributed by atoms with van der Waals surface area (Å²) in [7, 11) is 1.99. The summed E-state index contributed by atoms with van der Waals surface area (Å²) in [6, 6.07) is 0. The molecule has 0 radical (unpaired) electrons. The largest absolute Gasteiger partial charge is 0.393 e. The van der Waals surface area contributed by atoms with Gasteiger partial charge < -0.3 is 5.11 Å². The number of hydrogen-bond acceptors (Lipinski definition) is 3. The molecule has 0 saturated carbocycles. The third kappa shape index (κ3) is 2.28. The molecule has 1 aliphatic rings. The van der Waals surface area contributed by atoms with Gasteiger partial charge in [-0.05, 0) is 26.7 Å². The summed E-state index contributed by atoms with van der Waals surface area (Å²) >= 11 is 0. The standard InChI is InChI=1S/C12H21N3O/c1-9-12(10(2)14(3)13-9)8-15-6-4-11(16)5-7-15/h11,16H,4-8H2,1-3H3. The number of aliphatic hydroxyl groups is 1. The average Bonchev–Trinajstić information content (AvgIpc) is 2.48. The maximum absolute atomic E-state index is 9.46. The lowest BCUT2D eigenvalue weighted by atomic mass is 10.1. The summed E-state index contributed by atoms with van der Waals surface area (Å²) < 4.78 is 1.95. The van der Waals surface area contributed by atoms with E-state index in [0.29, 0.717) is 0 Å². The summed E-state index contributed by atoms with van der Waals surface area (Å²) in [6.07, 6.45) is 1.71. The zero-order valence-electron chi connectivity index (χ0n) is 10.4. The number of nitrogens with zero attached hydrogens (tertiary/aromatic N) is 3. The first-order chi connectivity index (χ1) is 7.58. The molecule has 2 rings (SSSR count). The molecule has 1 fully saturated rings. The second-order valence-corrected chi connectivity index (χ2v) is 4.78. The highest BCUT2D eigenvalue weighted by Gasteiger charge is 2.19. The fourth-order valence-electron chi connectivity index (χ4n) is 2.35. The molecule has 1 aliphatic heterocycles. The highest BCUT2D eigenvalue weighted by atomic mass is 16.3. The van der Waals surface area contributed by atoms with Crippen LogP contribution in [0.3, 0.4) is 0 Å². The van der Waals surface area contributed by atoms with Gasteiger partial charge in [-0.2, -0.15) is 5.10 Å². The summed E-state index contributed by atoms with van der Waals surface area (Å²) in [5, 5.41) is 13.9. The van der Waals surface area contributed by atoms with Crippen LogP contribution < -0.4 is 0 Å². The van der Waals surface area contributed by atoms with E-state index in [1.54, 1.807) is 0 Å². The van der Waals surface area contributed by atoms with Gasteiger partial charge in [0.05, 0.1) is 11.8 Å². The number of rotatable bonds is 2. The fourth-order valence-corrected chi connectivity index (χ4v) is 2.35. The molecule has 0 aromatic carbocycles. The first-order valence-electron chi connectivity index (χ1n) is 5.97. The van der Waals surface area contributed by atoms with Crippen LogP contribution in [-0.4, -0.2) is 39.0 Å². The van der Waals surface area contributed by atoms with Gasteiger partial charge in [0.1, 0.15) is 0 Å². The zero-order valence-corrected chi connectivity index (χ0v) is 10.4. The molecule has 90 valence electrons. The molecule has 1 aromatic heterocycles. The van der Waals surface area contributed by atoms with Crippen molar-refractivity contribution in [3.05, 3.63) is 17.0 Å². The second-order valence-electron chi connectivity index (χ2n) is 4.78. The summed E-state index contributed by atoms with van der Waals surface area (Å²) in [4.78, 5) is 2.41. The molecule has 0 atom stereocenters. The van der Waals surface area contributed by atoms with Crippen LogP contribution in [0.4, 0.5) is 0 Å². The second kappa shape index (κ2) is 4.55. The number of hydrogen-bond donors (Lipinski definition) is 1. The molecule has 0 aliphatic carbocycles. The molecule has 1 N–H and O–H groups in total. The van der Waals surface area contributed by atoms with Crippen LogP contribution in [0.1, 0.15) is 29.8 Å². The molecular formula is C12H21N3O. The number of piperidine rings is 1. The highest BCUT2D eigenvalue weighted by molar-refractivity contribution is 5.24. The predicted molar refractivity (Wildman–Crippen MR) is 63.2 cm³/mol. The van der Waals surface area contributed by atoms with Gasteiger partial charge in [0.25, 0.3) is 0 Å². The minimum atomic E-state index is -0.0904. The van der Waals surface area contributed by atoms with Gasteiger partial charge in [-0.3, -0.25) is 9.58 Å². The van der Waals surface area contributed by atoms with Crippen molar-refractivity contribution in [3.8, 4) is 0 Å². The van der Waals surface area contributed by atoms with Gasteiger partial charge >= 0.3 is 0 Å². The van der Waals surface area contributed by atoms with E-state index in [4.69, 9.17) is 0 Å². The van der Waals surface area contributed by atoms with Crippen molar-refractivity contribution in [3.63, 3.8) is 0 Å². The minimum absolute atomic E-state index is 0.0904. The van der Waals surface area contributed by atoms with Crippen LogP contribution >= 0.6 is 0 Å². The molecule has 1 aromatic rings. The quantitative estimate of drug-likeness (QED) is 0.813. The van der Waals surface area contributed by atoms with Crippen molar-refractivity contribution in [2.24, 2.45) is 7.05 Å². The Labute approximate surface area is 96.9 Å².